The second-order valence-electron chi connectivity index (χ2n) is 7.10. The molecule has 0 saturated heterocycles. The van der Waals surface area contributed by atoms with Gasteiger partial charge in [-0.3, -0.25) is 19.2 Å². The van der Waals surface area contributed by atoms with Crippen molar-refractivity contribution < 1.29 is 38.1 Å². The Bertz CT molecular complexity index is 531. The zero-order valence-electron chi connectivity index (χ0n) is 19.1. The maximum Gasteiger partial charge on any atom is 0.306 e. The lowest BCUT2D eigenvalue weighted by molar-refractivity contribution is -0.192. The molecule has 0 fully saturated rings. The van der Waals surface area contributed by atoms with Crippen LogP contribution in [-0.4, -0.2) is 48.8 Å². The molecule has 0 aliphatic rings. The van der Waals surface area contributed by atoms with E-state index in [1.165, 1.54) is 0 Å². The van der Waals surface area contributed by atoms with Gasteiger partial charge in [-0.15, -0.1) is 0 Å². The minimum Gasteiger partial charge on any atom is -0.462 e. The molecule has 8 nitrogen and oxygen atoms in total. The van der Waals surface area contributed by atoms with Gasteiger partial charge in [0, 0.05) is 25.7 Å². The lowest BCUT2D eigenvalue weighted by Gasteiger charge is -2.32. The standard InChI is InChI=1S/C22H38O8/c1-6-11-18(23)27-15-17(29-20(25)13-8-3)22(30-21(26)14-9-4)16(10-5)28-19(24)12-7-2/h16-17,22H,6-15H2,1-5H3/t16-,17+,22-/m0/s1. The first-order chi connectivity index (χ1) is 14.3. The maximum atomic E-state index is 12.2. The van der Waals surface area contributed by atoms with Crippen molar-refractivity contribution in [2.45, 2.75) is 111 Å². The molecule has 0 spiro atoms. The average Bonchev–Trinajstić information content (AvgIpc) is 2.68. The number of carbonyl (C=O) groups is 4. The lowest BCUT2D eigenvalue weighted by Crippen LogP contribution is -2.47. The van der Waals surface area contributed by atoms with Gasteiger partial charge < -0.3 is 18.9 Å². The Kier molecular flexibility index (Phi) is 15.5. The predicted molar refractivity (Wildman–Crippen MR) is 111 cm³/mol. The molecule has 0 aliphatic heterocycles. The fourth-order valence-corrected chi connectivity index (χ4v) is 2.70. The zero-order valence-corrected chi connectivity index (χ0v) is 19.1. The van der Waals surface area contributed by atoms with E-state index in [1.54, 1.807) is 6.92 Å². The van der Waals surface area contributed by atoms with Crippen molar-refractivity contribution in [2.75, 3.05) is 6.61 Å². The summed E-state index contributed by atoms with van der Waals surface area (Å²) < 4.78 is 21.8. The SMILES string of the molecule is CCCC(=O)OC[C@@H](OC(=O)CCC)[C@@H](OC(=O)CCC)[C@H](CC)OC(=O)CCC. The molecule has 0 rings (SSSR count). The van der Waals surface area contributed by atoms with E-state index < -0.39 is 42.2 Å². The second kappa shape index (κ2) is 16.7. The van der Waals surface area contributed by atoms with E-state index in [4.69, 9.17) is 18.9 Å². The highest BCUT2D eigenvalue weighted by Crippen LogP contribution is 2.19. The molecule has 0 aromatic rings. The molecule has 0 unspecified atom stereocenters. The largest absolute Gasteiger partial charge is 0.462 e. The monoisotopic (exact) mass is 430 g/mol. The fraction of sp³-hybridized carbons (Fsp3) is 0.818. The molecule has 0 aliphatic carbocycles. The Morgan fingerprint density at radius 2 is 0.967 bits per heavy atom. The smallest absolute Gasteiger partial charge is 0.306 e. The highest BCUT2D eigenvalue weighted by molar-refractivity contribution is 5.72. The topological polar surface area (TPSA) is 105 Å². The summed E-state index contributed by atoms with van der Waals surface area (Å²) >= 11 is 0. The first-order valence-corrected chi connectivity index (χ1v) is 11.1. The van der Waals surface area contributed by atoms with Crippen molar-refractivity contribution in [2.24, 2.45) is 0 Å². The van der Waals surface area contributed by atoms with Gasteiger partial charge in [0.1, 0.15) is 12.7 Å². The van der Waals surface area contributed by atoms with Gasteiger partial charge in [0.15, 0.2) is 12.2 Å². The van der Waals surface area contributed by atoms with E-state index in [-0.39, 0.29) is 32.3 Å². The van der Waals surface area contributed by atoms with E-state index in [0.29, 0.717) is 32.1 Å². The van der Waals surface area contributed by atoms with Crippen LogP contribution in [0.4, 0.5) is 0 Å². The quantitative estimate of drug-likeness (QED) is 0.268. The van der Waals surface area contributed by atoms with Gasteiger partial charge in [-0.05, 0) is 32.1 Å². The third-order valence-electron chi connectivity index (χ3n) is 4.19. The van der Waals surface area contributed by atoms with Crippen molar-refractivity contribution in [3.8, 4) is 0 Å². The van der Waals surface area contributed by atoms with E-state index in [0.717, 1.165) is 0 Å². The Morgan fingerprint density at radius 1 is 0.567 bits per heavy atom. The van der Waals surface area contributed by atoms with Crippen LogP contribution in [0, 0.1) is 0 Å². The first-order valence-electron chi connectivity index (χ1n) is 11.1. The van der Waals surface area contributed by atoms with Crippen molar-refractivity contribution in [3.63, 3.8) is 0 Å². The molecule has 174 valence electrons. The van der Waals surface area contributed by atoms with E-state index in [9.17, 15) is 19.2 Å². The minimum atomic E-state index is -1.06. The number of ether oxygens (including phenoxy) is 4. The van der Waals surface area contributed by atoms with Crippen molar-refractivity contribution in [3.05, 3.63) is 0 Å². The summed E-state index contributed by atoms with van der Waals surface area (Å²) in [4.78, 5) is 48.3. The lowest BCUT2D eigenvalue weighted by atomic mass is 10.0. The number of carbonyl (C=O) groups excluding carboxylic acids is 4. The summed E-state index contributed by atoms with van der Waals surface area (Å²) in [6.07, 6.45) is 0.528. The molecule has 8 heteroatoms. The Balaban J connectivity index is 5.67. The van der Waals surface area contributed by atoms with Gasteiger partial charge in [-0.2, -0.15) is 0 Å². The molecule has 0 bridgehead atoms. The summed E-state index contributed by atoms with van der Waals surface area (Å²) in [6, 6.07) is 0. The Morgan fingerprint density at radius 3 is 1.40 bits per heavy atom. The van der Waals surface area contributed by atoms with Crippen molar-refractivity contribution >= 4 is 23.9 Å². The van der Waals surface area contributed by atoms with Crippen LogP contribution in [0.1, 0.15) is 92.4 Å². The molecule has 0 aromatic heterocycles. The van der Waals surface area contributed by atoms with Gasteiger partial charge in [0.2, 0.25) is 0 Å². The summed E-state index contributed by atoms with van der Waals surface area (Å²) in [6.45, 7) is 8.86. The Hall–Kier alpha value is -2.12. The predicted octanol–water partition coefficient (Wildman–Crippen LogP) is 3.88. The molecule has 0 heterocycles. The summed E-state index contributed by atoms with van der Waals surface area (Å²) in [5.41, 5.74) is 0. The molecular weight excluding hydrogens is 392 g/mol. The molecule has 0 N–H and O–H groups in total. The van der Waals surface area contributed by atoms with E-state index in [1.807, 2.05) is 27.7 Å². The fourth-order valence-electron chi connectivity index (χ4n) is 2.70. The van der Waals surface area contributed by atoms with Crippen LogP contribution in [0.25, 0.3) is 0 Å². The molecule has 0 saturated carbocycles. The average molecular weight is 431 g/mol. The van der Waals surface area contributed by atoms with Gasteiger partial charge >= 0.3 is 23.9 Å². The second-order valence-corrected chi connectivity index (χ2v) is 7.10. The third kappa shape index (κ3) is 11.8. The number of rotatable bonds is 16. The molecular formula is C22H38O8. The van der Waals surface area contributed by atoms with Gasteiger partial charge in [0.25, 0.3) is 0 Å². The van der Waals surface area contributed by atoms with Crippen LogP contribution in [0.2, 0.25) is 0 Å². The van der Waals surface area contributed by atoms with Gasteiger partial charge in [-0.1, -0.05) is 34.6 Å². The van der Waals surface area contributed by atoms with E-state index >= 15 is 0 Å². The number of hydrogen-bond donors (Lipinski definition) is 0. The van der Waals surface area contributed by atoms with Crippen LogP contribution in [0.3, 0.4) is 0 Å². The van der Waals surface area contributed by atoms with Crippen LogP contribution in [0.5, 0.6) is 0 Å². The van der Waals surface area contributed by atoms with Crippen LogP contribution in [-0.2, 0) is 38.1 Å². The molecule has 0 radical (unpaired) electrons. The molecule has 0 amide bonds. The number of esters is 4. The van der Waals surface area contributed by atoms with Crippen molar-refractivity contribution in [1.82, 2.24) is 0 Å². The first kappa shape index (κ1) is 27.9. The molecule has 30 heavy (non-hydrogen) atoms. The normalized spacial score (nSPS) is 13.6. The van der Waals surface area contributed by atoms with E-state index in [2.05, 4.69) is 0 Å². The summed E-state index contributed by atoms with van der Waals surface area (Å²) in [5.74, 6) is -1.87. The summed E-state index contributed by atoms with van der Waals surface area (Å²) in [5, 5.41) is 0. The minimum absolute atomic E-state index is 0.168. The summed E-state index contributed by atoms with van der Waals surface area (Å²) in [7, 11) is 0. The van der Waals surface area contributed by atoms with Crippen LogP contribution >= 0.6 is 0 Å². The van der Waals surface area contributed by atoms with Gasteiger partial charge in [-0.25, -0.2) is 0 Å². The third-order valence-corrected chi connectivity index (χ3v) is 4.19. The molecule has 0 aromatic carbocycles. The van der Waals surface area contributed by atoms with Crippen molar-refractivity contribution in [1.29, 1.82) is 0 Å². The molecule has 3 atom stereocenters. The zero-order chi connectivity index (χ0) is 22.9. The van der Waals surface area contributed by atoms with Crippen LogP contribution in [0.15, 0.2) is 0 Å². The highest BCUT2D eigenvalue weighted by Gasteiger charge is 2.38. The van der Waals surface area contributed by atoms with Crippen LogP contribution < -0.4 is 0 Å². The highest BCUT2D eigenvalue weighted by atomic mass is 16.6. The maximum absolute atomic E-state index is 12.2. The van der Waals surface area contributed by atoms with Gasteiger partial charge in [0.05, 0.1) is 0 Å². The Labute approximate surface area is 180 Å². The number of hydrogen-bond acceptors (Lipinski definition) is 8.